The first-order valence-electron chi connectivity index (χ1n) is 5.38. The molecule has 96 valence electrons. The van der Waals surface area contributed by atoms with E-state index in [0.717, 1.165) is 5.56 Å². The van der Waals surface area contributed by atoms with Gasteiger partial charge in [-0.3, -0.25) is 0 Å². The highest BCUT2D eigenvalue weighted by atomic mass is 35.5. The van der Waals surface area contributed by atoms with Crippen molar-refractivity contribution in [3.05, 3.63) is 22.7 Å². The van der Waals surface area contributed by atoms with Crippen molar-refractivity contribution >= 4 is 11.6 Å². The van der Waals surface area contributed by atoms with E-state index in [-0.39, 0.29) is 6.04 Å². The fraction of sp³-hybridized carbons (Fsp3) is 0.500. The first-order valence-corrected chi connectivity index (χ1v) is 5.76. The van der Waals surface area contributed by atoms with Crippen LogP contribution in [0.25, 0.3) is 0 Å². The maximum absolute atomic E-state index is 6.09. The topological polar surface area (TPSA) is 53.7 Å². The van der Waals surface area contributed by atoms with Gasteiger partial charge in [-0.15, -0.1) is 0 Å². The minimum absolute atomic E-state index is 0.229. The minimum Gasteiger partial charge on any atom is -0.493 e. The number of ether oxygens (including phenoxy) is 3. The Kier molecular flexibility index (Phi) is 5.55. The van der Waals surface area contributed by atoms with Crippen molar-refractivity contribution in [3.63, 3.8) is 0 Å². The molecule has 0 aliphatic heterocycles. The van der Waals surface area contributed by atoms with Crippen LogP contribution < -0.4 is 15.2 Å². The first kappa shape index (κ1) is 14.1. The van der Waals surface area contributed by atoms with Crippen LogP contribution in [0.4, 0.5) is 0 Å². The Morgan fingerprint density at radius 2 is 2.00 bits per heavy atom. The Morgan fingerprint density at radius 3 is 2.53 bits per heavy atom. The summed E-state index contributed by atoms with van der Waals surface area (Å²) in [6.45, 7) is 3.01. The molecule has 1 atom stereocenters. The summed E-state index contributed by atoms with van der Waals surface area (Å²) >= 11 is 6.09. The molecule has 1 aromatic rings. The quantitative estimate of drug-likeness (QED) is 0.852. The summed E-state index contributed by atoms with van der Waals surface area (Å²) in [4.78, 5) is 0. The zero-order valence-corrected chi connectivity index (χ0v) is 11.1. The van der Waals surface area contributed by atoms with Crippen LogP contribution in [0.15, 0.2) is 12.1 Å². The van der Waals surface area contributed by atoms with Gasteiger partial charge in [-0.2, -0.15) is 0 Å². The van der Waals surface area contributed by atoms with E-state index in [9.17, 15) is 0 Å². The van der Waals surface area contributed by atoms with Crippen molar-refractivity contribution in [2.45, 2.75) is 13.0 Å². The third-order valence-electron chi connectivity index (χ3n) is 2.39. The number of benzene rings is 1. The molecule has 17 heavy (non-hydrogen) atoms. The minimum atomic E-state index is -0.229. The van der Waals surface area contributed by atoms with Gasteiger partial charge in [0, 0.05) is 6.61 Å². The number of rotatable bonds is 6. The smallest absolute Gasteiger partial charge is 0.179 e. The molecule has 0 aliphatic carbocycles. The fourth-order valence-electron chi connectivity index (χ4n) is 1.49. The van der Waals surface area contributed by atoms with Crippen LogP contribution in [-0.2, 0) is 4.74 Å². The Labute approximate surface area is 107 Å². The van der Waals surface area contributed by atoms with Crippen molar-refractivity contribution in [2.24, 2.45) is 5.73 Å². The maximum Gasteiger partial charge on any atom is 0.179 e. The van der Waals surface area contributed by atoms with Gasteiger partial charge in [0.2, 0.25) is 0 Å². The predicted octanol–water partition coefficient (Wildman–Crippen LogP) is 2.39. The highest BCUT2D eigenvalue weighted by molar-refractivity contribution is 6.32. The van der Waals surface area contributed by atoms with Gasteiger partial charge < -0.3 is 19.9 Å². The van der Waals surface area contributed by atoms with Crippen LogP contribution in [0.1, 0.15) is 18.5 Å². The van der Waals surface area contributed by atoms with E-state index >= 15 is 0 Å². The molecule has 0 amide bonds. The van der Waals surface area contributed by atoms with Gasteiger partial charge in [0.15, 0.2) is 11.5 Å². The van der Waals surface area contributed by atoms with Gasteiger partial charge >= 0.3 is 0 Å². The molecule has 1 rings (SSSR count). The fourth-order valence-corrected chi connectivity index (χ4v) is 1.79. The SMILES string of the molecule is CCOCC(N)c1cc(Cl)c(OC)c(OC)c1. The Balaban J connectivity index is 2.98. The van der Waals surface area contributed by atoms with Crippen LogP contribution in [-0.4, -0.2) is 27.4 Å². The summed E-state index contributed by atoms with van der Waals surface area (Å²) < 4.78 is 15.6. The van der Waals surface area contributed by atoms with E-state index in [1.54, 1.807) is 20.3 Å². The Hall–Kier alpha value is -0.970. The maximum atomic E-state index is 6.09. The second kappa shape index (κ2) is 6.69. The summed E-state index contributed by atoms with van der Waals surface area (Å²) in [6, 6.07) is 3.35. The first-order chi connectivity index (χ1) is 8.13. The van der Waals surface area contributed by atoms with Gasteiger partial charge in [0.25, 0.3) is 0 Å². The zero-order valence-electron chi connectivity index (χ0n) is 10.3. The van der Waals surface area contributed by atoms with E-state index in [4.69, 9.17) is 31.5 Å². The van der Waals surface area contributed by atoms with Crippen LogP contribution in [0.3, 0.4) is 0 Å². The normalized spacial score (nSPS) is 12.3. The highest BCUT2D eigenvalue weighted by Gasteiger charge is 2.14. The molecule has 0 bridgehead atoms. The summed E-state index contributed by atoms with van der Waals surface area (Å²) in [5, 5.41) is 0.480. The summed E-state index contributed by atoms with van der Waals surface area (Å²) in [5.74, 6) is 1.09. The van der Waals surface area contributed by atoms with Gasteiger partial charge in [-0.25, -0.2) is 0 Å². The number of methoxy groups -OCH3 is 2. The van der Waals surface area contributed by atoms with Crippen molar-refractivity contribution in [1.82, 2.24) is 0 Å². The van der Waals surface area contributed by atoms with Crippen LogP contribution in [0.5, 0.6) is 11.5 Å². The van der Waals surface area contributed by atoms with Gasteiger partial charge in [-0.05, 0) is 24.6 Å². The molecule has 2 N–H and O–H groups in total. The van der Waals surface area contributed by atoms with Gasteiger partial charge in [0.1, 0.15) is 0 Å². The third-order valence-corrected chi connectivity index (χ3v) is 2.67. The average molecular weight is 260 g/mol. The molecule has 0 saturated carbocycles. The molecule has 1 aromatic carbocycles. The summed E-state index contributed by atoms with van der Waals surface area (Å²) in [6.07, 6.45) is 0. The standard InChI is InChI=1S/C12H18ClNO3/c1-4-17-7-10(14)8-5-9(13)12(16-3)11(6-8)15-2/h5-6,10H,4,7,14H2,1-3H3. The number of hydrogen-bond acceptors (Lipinski definition) is 4. The molecule has 0 aromatic heterocycles. The van der Waals surface area contributed by atoms with Crippen molar-refractivity contribution in [2.75, 3.05) is 27.4 Å². The monoisotopic (exact) mass is 259 g/mol. The molecule has 0 fully saturated rings. The van der Waals surface area contributed by atoms with Crippen molar-refractivity contribution in [3.8, 4) is 11.5 Å². The molecule has 0 saturated heterocycles. The average Bonchev–Trinajstić information content (AvgIpc) is 2.34. The molecule has 1 unspecified atom stereocenters. The van der Waals surface area contributed by atoms with Gasteiger partial charge in [-0.1, -0.05) is 11.6 Å². The van der Waals surface area contributed by atoms with Crippen molar-refractivity contribution < 1.29 is 14.2 Å². The molecular formula is C12H18ClNO3. The van der Waals surface area contributed by atoms with Crippen LogP contribution >= 0.6 is 11.6 Å². The molecular weight excluding hydrogens is 242 g/mol. The Morgan fingerprint density at radius 1 is 1.29 bits per heavy atom. The zero-order chi connectivity index (χ0) is 12.8. The molecule has 0 radical (unpaired) electrons. The van der Waals surface area contributed by atoms with Crippen LogP contribution in [0.2, 0.25) is 5.02 Å². The Bertz CT molecular complexity index is 371. The summed E-state index contributed by atoms with van der Waals surface area (Å²) in [5.41, 5.74) is 6.85. The number of halogens is 1. The number of hydrogen-bond donors (Lipinski definition) is 1. The highest BCUT2D eigenvalue weighted by Crippen LogP contribution is 2.37. The van der Waals surface area contributed by atoms with E-state index in [0.29, 0.717) is 29.7 Å². The van der Waals surface area contributed by atoms with E-state index in [1.807, 2.05) is 13.0 Å². The van der Waals surface area contributed by atoms with E-state index < -0.39 is 0 Å². The van der Waals surface area contributed by atoms with Crippen molar-refractivity contribution in [1.29, 1.82) is 0 Å². The van der Waals surface area contributed by atoms with E-state index in [2.05, 4.69) is 0 Å². The van der Waals surface area contributed by atoms with Gasteiger partial charge in [0.05, 0.1) is 31.9 Å². The largest absolute Gasteiger partial charge is 0.493 e. The lowest BCUT2D eigenvalue weighted by molar-refractivity contribution is 0.133. The molecule has 4 nitrogen and oxygen atoms in total. The van der Waals surface area contributed by atoms with Crippen LogP contribution in [0, 0.1) is 0 Å². The third kappa shape index (κ3) is 3.49. The molecule has 5 heteroatoms. The molecule has 0 heterocycles. The summed E-state index contributed by atoms with van der Waals surface area (Å²) in [7, 11) is 3.11. The molecule has 0 aliphatic rings. The number of nitrogens with two attached hydrogens (primary N) is 1. The lowest BCUT2D eigenvalue weighted by atomic mass is 10.1. The predicted molar refractivity (Wildman–Crippen MR) is 68.0 cm³/mol. The second-order valence-electron chi connectivity index (χ2n) is 3.50. The lowest BCUT2D eigenvalue weighted by Crippen LogP contribution is -2.17. The second-order valence-corrected chi connectivity index (χ2v) is 3.91. The molecule has 0 spiro atoms. The van der Waals surface area contributed by atoms with E-state index in [1.165, 1.54) is 0 Å². The lowest BCUT2D eigenvalue weighted by Gasteiger charge is -2.16.